The number of carbonyl (C=O) groups is 1. The van der Waals surface area contributed by atoms with Crippen molar-refractivity contribution in [2.24, 2.45) is 5.73 Å². The van der Waals surface area contributed by atoms with Crippen LogP contribution in [0.1, 0.15) is 12.5 Å². The Morgan fingerprint density at radius 2 is 2.31 bits per heavy atom. The summed E-state index contributed by atoms with van der Waals surface area (Å²) in [5, 5.41) is 9.48. The van der Waals surface area contributed by atoms with E-state index in [2.05, 4.69) is 15.0 Å². The molecule has 9 heteroatoms. The highest BCUT2D eigenvalue weighted by Gasteiger charge is 2.12. The first-order chi connectivity index (χ1) is 12.3. The zero-order valence-corrected chi connectivity index (χ0v) is 13.8. The summed E-state index contributed by atoms with van der Waals surface area (Å²) in [5.74, 6) is -1.55. The Balaban J connectivity index is 2.10. The second-order valence-electron chi connectivity index (χ2n) is 5.82. The lowest BCUT2D eigenvalue weighted by atomic mass is 10.2. The van der Waals surface area contributed by atoms with Gasteiger partial charge in [-0.1, -0.05) is 0 Å². The minimum atomic E-state index is -0.951. The molecular formula is C17H16FN5O3. The van der Waals surface area contributed by atoms with E-state index in [1.807, 2.05) is 0 Å². The fraction of sp³-hybridized carbons (Fsp3) is 0.176. The van der Waals surface area contributed by atoms with Gasteiger partial charge in [-0.25, -0.2) is 14.4 Å². The predicted octanol–water partition coefficient (Wildman–Crippen LogP) is 0.805. The number of aromatic nitrogens is 4. The Labute approximate surface area is 146 Å². The van der Waals surface area contributed by atoms with Gasteiger partial charge in [-0.15, -0.1) is 0 Å². The van der Waals surface area contributed by atoms with Crippen LogP contribution in [0.15, 0.2) is 35.5 Å². The Kier molecular flexibility index (Phi) is 4.63. The van der Waals surface area contributed by atoms with Gasteiger partial charge in [0.2, 0.25) is 5.91 Å². The molecule has 0 spiro atoms. The van der Waals surface area contributed by atoms with Crippen LogP contribution in [0.2, 0.25) is 0 Å². The number of pyridine rings is 1. The van der Waals surface area contributed by atoms with Crippen LogP contribution in [-0.2, 0) is 11.3 Å². The van der Waals surface area contributed by atoms with Crippen LogP contribution in [0.3, 0.4) is 0 Å². The van der Waals surface area contributed by atoms with E-state index in [-0.39, 0.29) is 6.54 Å². The lowest BCUT2D eigenvalue weighted by molar-refractivity contribution is -0.113. The molecule has 3 heterocycles. The molecule has 0 aliphatic rings. The molecule has 0 saturated heterocycles. The number of aliphatic hydroxyl groups is 1. The maximum Gasteiger partial charge on any atom is 0.286 e. The molecule has 0 fully saturated rings. The Bertz CT molecular complexity index is 1070. The van der Waals surface area contributed by atoms with Gasteiger partial charge in [-0.05, 0) is 19.1 Å². The van der Waals surface area contributed by atoms with Gasteiger partial charge in [0, 0.05) is 29.6 Å². The zero-order chi connectivity index (χ0) is 18.8. The normalized spacial score (nSPS) is 12.7. The number of nitrogens with zero attached hydrogens (tertiary/aromatic N) is 3. The molecule has 0 saturated carbocycles. The molecule has 3 aromatic rings. The third kappa shape index (κ3) is 3.52. The van der Waals surface area contributed by atoms with Crippen molar-refractivity contribution in [3.05, 3.63) is 52.5 Å². The van der Waals surface area contributed by atoms with Gasteiger partial charge >= 0.3 is 0 Å². The average molecular weight is 357 g/mol. The first-order valence-corrected chi connectivity index (χ1v) is 7.75. The molecule has 26 heavy (non-hydrogen) atoms. The number of nitrogens with one attached hydrogen (secondary N) is 1. The number of fused-ring (bicyclic) bond motifs is 1. The third-order valence-electron chi connectivity index (χ3n) is 3.64. The van der Waals surface area contributed by atoms with Crippen LogP contribution in [0, 0.1) is 5.82 Å². The number of halogens is 1. The minimum absolute atomic E-state index is 0.0456. The maximum absolute atomic E-state index is 14.0. The van der Waals surface area contributed by atoms with Crippen LogP contribution in [-0.4, -0.2) is 36.6 Å². The van der Waals surface area contributed by atoms with Gasteiger partial charge in [-0.2, -0.15) is 0 Å². The van der Waals surface area contributed by atoms with Gasteiger partial charge in [0.1, 0.15) is 5.52 Å². The standard InChI is InChI=1S/C17H16FN5O3/c1-9(24)7-23-8-11(4-12(18)17(23)26)13-6-21-16-15(22-13)10(5-20-16)2-3-14(19)25/h2-6,8-9,24H,7H2,1H3,(H2,19,25)(H,20,21)/t9-/m0/s1. The van der Waals surface area contributed by atoms with Crippen molar-refractivity contribution in [1.82, 2.24) is 19.5 Å². The fourth-order valence-electron chi connectivity index (χ4n) is 2.51. The highest BCUT2D eigenvalue weighted by atomic mass is 19.1. The van der Waals surface area contributed by atoms with Crippen molar-refractivity contribution in [3.8, 4) is 11.3 Å². The lowest BCUT2D eigenvalue weighted by Crippen LogP contribution is -2.27. The number of amides is 1. The first kappa shape index (κ1) is 17.5. The summed E-state index contributed by atoms with van der Waals surface area (Å²) in [6.07, 6.45) is 6.34. The number of carbonyl (C=O) groups excluding carboxylic acids is 1. The van der Waals surface area contributed by atoms with Gasteiger partial charge in [0.05, 0.1) is 24.5 Å². The number of primary amides is 1. The number of H-pyrrole nitrogens is 1. The Hall–Kier alpha value is -3.33. The highest BCUT2D eigenvalue weighted by molar-refractivity contribution is 5.93. The second-order valence-corrected chi connectivity index (χ2v) is 5.82. The van der Waals surface area contributed by atoms with Crippen molar-refractivity contribution in [2.45, 2.75) is 19.6 Å². The van der Waals surface area contributed by atoms with E-state index in [9.17, 15) is 19.1 Å². The summed E-state index contributed by atoms with van der Waals surface area (Å²) < 4.78 is 15.1. The van der Waals surface area contributed by atoms with Crippen LogP contribution < -0.4 is 11.3 Å². The molecule has 0 unspecified atom stereocenters. The summed E-state index contributed by atoms with van der Waals surface area (Å²) in [5.41, 5.74) is 6.48. The van der Waals surface area contributed by atoms with Gasteiger partial charge in [0.15, 0.2) is 11.5 Å². The number of hydrogen-bond donors (Lipinski definition) is 3. The van der Waals surface area contributed by atoms with Crippen molar-refractivity contribution < 1.29 is 14.3 Å². The van der Waals surface area contributed by atoms with Crippen LogP contribution >= 0.6 is 0 Å². The molecule has 0 radical (unpaired) electrons. The first-order valence-electron chi connectivity index (χ1n) is 7.75. The van der Waals surface area contributed by atoms with E-state index < -0.39 is 23.4 Å². The van der Waals surface area contributed by atoms with E-state index in [1.165, 1.54) is 31.5 Å². The monoisotopic (exact) mass is 357 g/mol. The van der Waals surface area contributed by atoms with Crippen molar-refractivity contribution in [2.75, 3.05) is 0 Å². The Morgan fingerprint density at radius 3 is 3.00 bits per heavy atom. The molecular weight excluding hydrogens is 341 g/mol. The Morgan fingerprint density at radius 1 is 1.54 bits per heavy atom. The van der Waals surface area contributed by atoms with Gasteiger partial charge in [-0.3, -0.25) is 9.59 Å². The molecule has 0 aliphatic carbocycles. The fourth-order valence-corrected chi connectivity index (χ4v) is 2.51. The zero-order valence-electron chi connectivity index (χ0n) is 13.8. The van der Waals surface area contributed by atoms with E-state index >= 15 is 0 Å². The lowest BCUT2D eigenvalue weighted by Gasteiger charge is -2.10. The molecule has 3 rings (SSSR count). The summed E-state index contributed by atoms with van der Waals surface area (Å²) in [6, 6.07) is 1.07. The molecule has 134 valence electrons. The summed E-state index contributed by atoms with van der Waals surface area (Å²) in [4.78, 5) is 34.3. The molecule has 3 aromatic heterocycles. The van der Waals surface area contributed by atoms with Crippen LogP contribution in [0.5, 0.6) is 0 Å². The van der Waals surface area contributed by atoms with Crippen molar-refractivity contribution >= 4 is 23.1 Å². The van der Waals surface area contributed by atoms with E-state index in [0.717, 1.165) is 10.6 Å². The smallest absolute Gasteiger partial charge is 0.286 e. The van der Waals surface area contributed by atoms with Crippen molar-refractivity contribution in [3.63, 3.8) is 0 Å². The number of rotatable bonds is 5. The molecule has 1 atom stereocenters. The third-order valence-corrected chi connectivity index (χ3v) is 3.64. The van der Waals surface area contributed by atoms with Crippen LogP contribution in [0.25, 0.3) is 28.5 Å². The summed E-state index contributed by atoms with van der Waals surface area (Å²) in [7, 11) is 0. The number of aromatic amines is 1. The average Bonchev–Trinajstić information content (AvgIpc) is 2.98. The SMILES string of the molecule is C[C@H](O)Cn1cc(-c2cnc3[nH]cc(C=CC(N)=O)c3n2)cc(F)c1=O. The summed E-state index contributed by atoms with van der Waals surface area (Å²) >= 11 is 0. The highest BCUT2D eigenvalue weighted by Crippen LogP contribution is 2.21. The molecule has 0 aliphatic heterocycles. The number of nitrogens with two attached hydrogens (primary N) is 1. The van der Waals surface area contributed by atoms with Crippen LogP contribution in [0.4, 0.5) is 4.39 Å². The van der Waals surface area contributed by atoms with E-state index in [4.69, 9.17) is 5.73 Å². The predicted molar refractivity (Wildman–Crippen MR) is 93.5 cm³/mol. The topological polar surface area (TPSA) is 127 Å². The van der Waals surface area contributed by atoms with Gasteiger partial charge in [0.25, 0.3) is 5.56 Å². The molecule has 1 amide bonds. The summed E-state index contributed by atoms with van der Waals surface area (Å²) in [6.45, 7) is 1.45. The molecule has 8 nitrogen and oxygen atoms in total. The minimum Gasteiger partial charge on any atom is -0.392 e. The van der Waals surface area contributed by atoms with Crippen molar-refractivity contribution in [1.29, 1.82) is 0 Å². The van der Waals surface area contributed by atoms with E-state index in [0.29, 0.717) is 28.0 Å². The quantitative estimate of drug-likeness (QED) is 0.582. The molecule has 0 aromatic carbocycles. The molecule has 0 bridgehead atoms. The van der Waals surface area contributed by atoms with E-state index in [1.54, 1.807) is 6.20 Å². The second kappa shape index (κ2) is 6.89. The number of hydrogen-bond acceptors (Lipinski definition) is 5. The largest absolute Gasteiger partial charge is 0.392 e. The number of aliphatic hydroxyl groups excluding tert-OH is 1. The maximum atomic E-state index is 14.0. The molecule has 4 N–H and O–H groups in total. The van der Waals surface area contributed by atoms with Gasteiger partial charge < -0.3 is 20.4 Å².